The number of carbonyl (C=O) groups excluding carboxylic acids is 9. The van der Waals surface area contributed by atoms with Crippen LogP contribution in [0.25, 0.3) is 10.9 Å². The van der Waals surface area contributed by atoms with Crippen molar-refractivity contribution in [3.63, 3.8) is 0 Å². The molecule has 0 saturated carbocycles. The molecule has 0 aliphatic carbocycles. The lowest BCUT2D eigenvalue weighted by molar-refractivity contribution is -0.142. The molecule has 1 aromatic heterocycles. The summed E-state index contributed by atoms with van der Waals surface area (Å²) in [4.78, 5) is 142. The van der Waals surface area contributed by atoms with Crippen molar-refractivity contribution >= 4 is 86.2 Å². The summed E-state index contributed by atoms with van der Waals surface area (Å²) in [5, 5.41) is 28.7. The summed E-state index contributed by atoms with van der Waals surface area (Å²) in [6, 6.07) is 5.48. The quantitative estimate of drug-likeness (QED) is 0.0232. The summed E-state index contributed by atoms with van der Waals surface area (Å²) in [5.74, 6) is -7.22. The predicted molar refractivity (Wildman–Crippen MR) is 351 cm³/mol. The van der Waals surface area contributed by atoms with Crippen LogP contribution in [0.3, 0.4) is 0 Å². The number of ether oxygens (including phenoxy) is 2. The fraction of sp³-hybridized carbons (Fsp3) is 0.530. The molecular formula is C66H92N12O15S. The van der Waals surface area contributed by atoms with Crippen LogP contribution in [0, 0.1) is 26.7 Å². The smallest absolute Gasteiger partial charge is 0.419 e. The van der Waals surface area contributed by atoms with E-state index in [1.54, 1.807) is 110 Å². The molecule has 1 saturated heterocycles. The Morgan fingerprint density at radius 1 is 0.734 bits per heavy atom. The summed E-state index contributed by atoms with van der Waals surface area (Å²) in [6.45, 7) is 23.0. The molecule has 2 aliphatic heterocycles. The third-order valence-corrected chi connectivity index (χ3v) is 17.8. The number of likely N-dealkylation sites (tertiary alicyclic amines) is 1. The van der Waals surface area contributed by atoms with Crippen molar-refractivity contribution in [3.05, 3.63) is 94.2 Å². The molecule has 11 N–H and O–H groups in total. The van der Waals surface area contributed by atoms with E-state index >= 15 is 0 Å². The molecule has 8 atom stereocenters. The van der Waals surface area contributed by atoms with Crippen molar-refractivity contribution in [2.75, 3.05) is 13.1 Å². The molecule has 8 amide bonds. The van der Waals surface area contributed by atoms with Crippen LogP contribution >= 0.6 is 0 Å². The minimum Gasteiger partial charge on any atom is -0.487 e. The van der Waals surface area contributed by atoms with Gasteiger partial charge in [0.2, 0.25) is 53.2 Å². The lowest BCUT2D eigenvalue weighted by Crippen LogP contribution is -2.60. The summed E-state index contributed by atoms with van der Waals surface area (Å²) < 4.78 is 43.1. The van der Waals surface area contributed by atoms with Crippen LogP contribution in [0.1, 0.15) is 142 Å². The fourth-order valence-corrected chi connectivity index (χ4v) is 13.0. The molecule has 0 spiro atoms. The van der Waals surface area contributed by atoms with Gasteiger partial charge in [-0.3, -0.25) is 52.7 Å². The van der Waals surface area contributed by atoms with E-state index in [4.69, 9.17) is 15.2 Å². The van der Waals surface area contributed by atoms with E-state index in [0.717, 1.165) is 5.56 Å². The van der Waals surface area contributed by atoms with Crippen LogP contribution < -0.4 is 52.4 Å². The fourth-order valence-electron chi connectivity index (χ4n) is 11.5. The average Bonchev–Trinajstić information content (AvgIpc) is 1.51. The van der Waals surface area contributed by atoms with E-state index in [-0.39, 0.29) is 62.4 Å². The minimum absolute atomic E-state index is 0.0259. The molecule has 28 heteroatoms. The van der Waals surface area contributed by atoms with Gasteiger partial charge in [-0.2, -0.15) is 0 Å². The number of carboxylic acid groups (broad SMARTS) is 1. The average molecular weight is 1330 g/mol. The Balaban J connectivity index is 1.11. The van der Waals surface area contributed by atoms with Crippen LogP contribution in [0.4, 0.5) is 4.79 Å². The number of carbonyl (C=O) groups is 10. The molecule has 3 aromatic carbocycles. The highest BCUT2D eigenvalue weighted by Crippen LogP contribution is 2.44. The molecule has 6 rings (SSSR count). The predicted octanol–water partition coefficient (Wildman–Crippen LogP) is 3.52. The molecule has 4 aromatic rings. The Bertz CT molecular complexity index is 3670. The maximum absolute atomic E-state index is 14.6. The van der Waals surface area contributed by atoms with Crippen molar-refractivity contribution in [1.29, 1.82) is 0 Å². The zero-order valence-electron chi connectivity index (χ0n) is 56.0. The van der Waals surface area contributed by atoms with Gasteiger partial charge in [0.05, 0.1) is 10.4 Å². The number of fused-ring (bicyclic) bond motifs is 2. The SMILES string of the molecule is CC(=O)N[C@@H](Cc1cn(C(=O)OC(C)(C)C)c2ccccc12)C(=O)N[C@@H](C)C(=O)N[C@@H](C)C(=O)N1CCC[C@H]1C(=O)N[C@@H](Cc1ccccc1)C(=O)N[C@@H](CC(C)C)C(=O)N[C@@H](CCCN=C(N)NS(=O)(=O)c1c(C)c(C)c2c(c1C)CC(C)(C)O2)C(=O)N[C@@H](C)C(=O)O. The zero-order chi connectivity index (χ0) is 69.9. The van der Waals surface area contributed by atoms with Crippen LogP contribution in [0.15, 0.2) is 70.7 Å². The number of aromatic nitrogens is 1. The molecule has 0 bridgehead atoms. The number of sulfonamides is 1. The first-order chi connectivity index (χ1) is 43.9. The normalized spacial score (nSPS) is 16.8. The lowest BCUT2D eigenvalue weighted by atomic mass is 9.94. The first kappa shape index (κ1) is 74.0. The van der Waals surface area contributed by atoms with Crippen LogP contribution in [-0.4, -0.2) is 161 Å². The Labute approximate surface area is 548 Å². The van der Waals surface area contributed by atoms with Crippen LogP contribution in [0.2, 0.25) is 0 Å². The number of benzene rings is 3. The van der Waals surface area contributed by atoms with Crippen molar-refractivity contribution in [2.24, 2.45) is 16.6 Å². The van der Waals surface area contributed by atoms with Crippen molar-refractivity contribution in [1.82, 2.24) is 51.4 Å². The monoisotopic (exact) mass is 1320 g/mol. The summed E-state index contributed by atoms with van der Waals surface area (Å²) in [5.41, 5.74) is 8.92. The topological polar surface area (TPSA) is 386 Å². The first-order valence-electron chi connectivity index (χ1n) is 31.5. The standard InChI is InChI=1S/C66H92N12O15S/c1-35(2)30-48(58(83)73-47(56(81)71-41(8)62(87)88)25-20-28-68-63(67)76-94(90,91)54-37(4)36(3)53-46(38(54)5)33-66(13,14)92-53)74-59(84)49(31-43-22-16-15-17-23-43)75-60(85)52-27-21-29-77(52)61(86)40(7)70-55(80)39(6)69-57(82)50(72-42(9)79)32-44-34-78(64(89)93-65(10,11)12)51-26-19-18-24-45(44)51/h15-19,22-24,26,34-35,39-41,47-50,52H,20-21,25,27-33H2,1-14H3,(H,69,82)(H,70,80)(H,71,81)(H,72,79)(H,73,83)(H,74,84)(H,75,85)(H,87,88)(H3,67,68,76)/t39-,40-,41-,47-,48-,49-,50-,52-/m0/s1. The highest BCUT2D eigenvalue weighted by Gasteiger charge is 2.41. The van der Waals surface area contributed by atoms with Crippen molar-refractivity contribution in [3.8, 4) is 5.75 Å². The highest BCUT2D eigenvalue weighted by atomic mass is 32.2. The number of aliphatic carboxylic acids is 1. The Morgan fingerprint density at radius 2 is 1.32 bits per heavy atom. The third kappa shape index (κ3) is 19.5. The second-order valence-electron chi connectivity index (χ2n) is 26.3. The van der Waals surface area contributed by atoms with Gasteiger partial charge in [-0.05, 0) is 148 Å². The first-order valence-corrected chi connectivity index (χ1v) is 33.0. The minimum atomic E-state index is -4.26. The number of hydrogen-bond donors (Lipinski definition) is 10. The van der Waals surface area contributed by atoms with E-state index in [1.165, 1.54) is 43.4 Å². The molecule has 1 fully saturated rings. The number of aliphatic imine (C=N–C) groups is 1. The second kappa shape index (κ2) is 31.2. The molecule has 3 heterocycles. The maximum Gasteiger partial charge on any atom is 0.419 e. The number of hydrogen-bond acceptors (Lipinski definition) is 15. The molecular weight excluding hydrogens is 1230 g/mol. The van der Waals surface area contributed by atoms with Gasteiger partial charge in [0.15, 0.2) is 0 Å². The molecule has 0 unspecified atom stereocenters. The molecule has 0 radical (unpaired) electrons. The van der Waals surface area contributed by atoms with Gasteiger partial charge in [0.1, 0.15) is 65.3 Å². The van der Waals surface area contributed by atoms with E-state index in [2.05, 4.69) is 46.9 Å². The highest BCUT2D eigenvalue weighted by molar-refractivity contribution is 7.90. The molecule has 2 aliphatic rings. The van der Waals surface area contributed by atoms with E-state index in [0.29, 0.717) is 57.3 Å². The van der Waals surface area contributed by atoms with Crippen LogP contribution in [-0.2, 0) is 77.2 Å². The maximum atomic E-state index is 14.6. The largest absolute Gasteiger partial charge is 0.487 e. The number of para-hydroxylation sites is 1. The number of nitrogens with zero attached hydrogens (tertiary/aromatic N) is 3. The number of carboxylic acids is 1. The zero-order valence-corrected chi connectivity index (χ0v) is 56.8. The summed E-state index contributed by atoms with van der Waals surface area (Å²) in [7, 11) is -4.26. The number of guanidine groups is 1. The van der Waals surface area contributed by atoms with Gasteiger partial charge in [-0.1, -0.05) is 62.4 Å². The second-order valence-corrected chi connectivity index (χ2v) is 27.9. The molecule has 94 heavy (non-hydrogen) atoms. The van der Waals surface area contributed by atoms with E-state index in [9.17, 15) is 61.5 Å². The van der Waals surface area contributed by atoms with Gasteiger partial charge < -0.3 is 62.4 Å². The van der Waals surface area contributed by atoms with Gasteiger partial charge in [-0.25, -0.2) is 17.9 Å². The van der Waals surface area contributed by atoms with Crippen molar-refractivity contribution in [2.45, 2.75) is 213 Å². The number of nitrogens with two attached hydrogens (primary N) is 1. The lowest BCUT2D eigenvalue weighted by Gasteiger charge is -2.30. The molecule has 27 nitrogen and oxygen atoms in total. The summed E-state index contributed by atoms with van der Waals surface area (Å²) in [6.07, 6.45) is 1.71. The van der Waals surface area contributed by atoms with Crippen LogP contribution in [0.5, 0.6) is 5.75 Å². The van der Waals surface area contributed by atoms with Gasteiger partial charge in [0.25, 0.3) is 10.0 Å². The number of amides is 8. The molecule has 512 valence electrons. The summed E-state index contributed by atoms with van der Waals surface area (Å²) >= 11 is 0. The Kier molecular flexibility index (Phi) is 24.6. The number of nitrogens with one attached hydrogen (secondary N) is 8. The van der Waals surface area contributed by atoms with Gasteiger partial charge in [0, 0.05) is 56.4 Å². The van der Waals surface area contributed by atoms with E-state index < -0.39 is 135 Å². The van der Waals surface area contributed by atoms with Gasteiger partial charge >= 0.3 is 12.1 Å². The van der Waals surface area contributed by atoms with Gasteiger partial charge in [-0.15, -0.1) is 0 Å². The Hall–Kier alpha value is -9.08. The van der Waals surface area contributed by atoms with Crippen molar-refractivity contribution < 1.29 is 70.9 Å². The third-order valence-electron chi connectivity index (χ3n) is 16.2. The van der Waals surface area contributed by atoms with E-state index in [1.807, 2.05) is 13.8 Å². The number of rotatable bonds is 27. The Morgan fingerprint density at radius 3 is 1.96 bits per heavy atom.